The van der Waals surface area contributed by atoms with Gasteiger partial charge < -0.3 is 4.74 Å². The number of nitrogens with zero attached hydrogens (tertiary/aromatic N) is 3. The van der Waals surface area contributed by atoms with Crippen molar-refractivity contribution >= 4 is 0 Å². The molecule has 1 aromatic carbocycles. The van der Waals surface area contributed by atoms with E-state index in [9.17, 15) is 13.2 Å². The van der Waals surface area contributed by atoms with Crippen LogP contribution in [0.3, 0.4) is 0 Å². The molecule has 0 aliphatic heterocycles. The first kappa shape index (κ1) is 15.4. The van der Waals surface area contributed by atoms with E-state index in [0.29, 0.717) is 13.1 Å². The van der Waals surface area contributed by atoms with Gasteiger partial charge in [0.25, 0.3) is 0 Å². The van der Waals surface area contributed by atoms with Crippen molar-refractivity contribution in [2.45, 2.75) is 19.5 Å². The van der Waals surface area contributed by atoms with Gasteiger partial charge in [0.05, 0.1) is 6.20 Å². The zero-order valence-electron chi connectivity index (χ0n) is 11.8. The van der Waals surface area contributed by atoms with Gasteiger partial charge in [0.2, 0.25) is 0 Å². The first-order chi connectivity index (χ1) is 9.82. The fourth-order valence-electron chi connectivity index (χ4n) is 2.03. The molecule has 0 fully saturated rings. The summed E-state index contributed by atoms with van der Waals surface area (Å²) in [4.78, 5) is 2.05. The molecule has 1 aromatic heterocycles. The van der Waals surface area contributed by atoms with E-state index in [2.05, 4.69) is 14.7 Å². The number of aryl methyl sites for hydroxylation is 1. The van der Waals surface area contributed by atoms with Crippen LogP contribution in [0.15, 0.2) is 36.7 Å². The third-order valence-electron chi connectivity index (χ3n) is 2.82. The minimum Gasteiger partial charge on any atom is -0.406 e. The Morgan fingerprint density at radius 3 is 2.29 bits per heavy atom. The zero-order chi connectivity index (χ0) is 15.5. The van der Waals surface area contributed by atoms with E-state index in [0.717, 1.165) is 11.1 Å². The van der Waals surface area contributed by atoms with Crippen molar-refractivity contribution in [2.24, 2.45) is 7.05 Å². The Balaban J connectivity index is 1.90. The van der Waals surface area contributed by atoms with Crippen molar-refractivity contribution in [1.29, 1.82) is 0 Å². The zero-order valence-corrected chi connectivity index (χ0v) is 11.8. The third kappa shape index (κ3) is 5.11. The molecule has 0 aliphatic carbocycles. The fourth-order valence-corrected chi connectivity index (χ4v) is 2.03. The summed E-state index contributed by atoms with van der Waals surface area (Å²) >= 11 is 0. The monoisotopic (exact) mass is 299 g/mol. The summed E-state index contributed by atoms with van der Waals surface area (Å²) in [6, 6.07) is 5.89. The molecule has 0 radical (unpaired) electrons. The van der Waals surface area contributed by atoms with Gasteiger partial charge in [-0.05, 0) is 24.7 Å². The molecular weight excluding hydrogens is 283 g/mol. The molecule has 0 bridgehead atoms. The second kappa shape index (κ2) is 6.17. The summed E-state index contributed by atoms with van der Waals surface area (Å²) in [6.07, 6.45) is -0.938. The molecule has 2 aromatic rings. The molecule has 0 aliphatic rings. The van der Waals surface area contributed by atoms with Crippen molar-refractivity contribution in [2.75, 3.05) is 7.05 Å². The van der Waals surface area contributed by atoms with Gasteiger partial charge in [0.15, 0.2) is 0 Å². The Hall–Kier alpha value is -2.02. The Labute approximate surface area is 120 Å². The molecule has 114 valence electrons. The molecule has 0 spiro atoms. The van der Waals surface area contributed by atoms with Gasteiger partial charge in [-0.25, -0.2) is 0 Å². The minimum atomic E-state index is -4.65. The van der Waals surface area contributed by atoms with Crippen LogP contribution in [0.5, 0.6) is 5.75 Å². The van der Waals surface area contributed by atoms with E-state index in [1.807, 2.05) is 20.3 Å². The second-order valence-electron chi connectivity index (χ2n) is 4.89. The third-order valence-corrected chi connectivity index (χ3v) is 2.82. The quantitative estimate of drug-likeness (QED) is 0.850. The van der Waals surface area contributed by atoms with E-state index in [1.165, 1.54) is 12.1 Å². The van der Waals surface area contributed by atoms with E-state index in [4.69, 9.17) is 0 Å². The lowest BCUT2D eigenvalue weighted by Crippen LogP contribution is -2.18. The molecule has 1 heterocycles. The number of benzene rings is 1. The number of rotatable bonds is 5. The number of hydrogen-bond donors (Lipinski definition) is 0. The Morgan fingerprint density at radius 1 is 1.14 bits per heavy atom. The van der Waals surface area contributed by atoms with Crippen LogP contribution in [0.2, 0.25) is 0 Å². The highest BCUT2D eigenvalue weighted by atomic mass is 19.4. The molecule has 7 heteroatoms. The highest BCUT2D eigenvalue weighted by molar-refractivity contribution is 5.27. The Morgan fingerprint density at radius 2 is 1.76 bits per heavy atom. The maximum atomic E-state index is 12.1. The van der Waals surface area contributed by atoms with E-state index in [-0.39, 0.29) is 5.75 Å². The summed E-state index contributed by atoms with van der Waals surface area (Å²) < 4.78 is 41.7. The van der Waals surface area contributed by atoms with Crippen LogP contribution >= 0.6 is 0 Å². The van der Waals surface area contributed by atoms with Gasteiger partial charge in [-0.1, -0.05) is 12.1 Å². The van der Waals surface area contributed by atoms with Crippen LogP contribution < -0.4 is 4.74 Å². The average Bonchev–Trinajstić information content (AvgIpc) is 2.75. The van der Waals surface area contributed by atoms with E-state index in [1.54, 1.807) is 23.0 Å². The summed E-state index contributed by atoms with van der Waals surface area (Å²) in [6.45, 7) is 1.34. The standard InChI is InChI=1S/C14H16F3N3O/c1-19(9-12-7-18-20(2)10-12)8-11-3-5-13(6-4-11)21-14(15,16)17/h3-7,10H,8-9H2,1-2H3. The van der Waals surface area contributed by atoms with Gasteiger partial charge in [-0.3, -0.25) is 9.58 Å². The second-order valence-corrected chi connectivity index (χ2v) is 4.89. The first-order valence-corrected chi connectivity index (χ1v) is 6.32. The SMILES string of the molecule is CN(Cc1ccc(OC(F)(F)F)cc1)Cc1cnn(C)c1. The van der Waals surface area contributed by atoms with Gasteiger partial charge in [-0.15, -0.1) is 13.2 Å². The molecule has 0 amide bonds. The predicted octanol–water partition coefficient (Wildman–Crippen LogP) is 2.95. The molecule has 0 saturated carbocycles. The van der Waals surface area contributed by atoms with E-state index >= 15 is 0 Å². The lowest BCUT2D eigenvalue weighted by Gasteiger charge is -2.16. The molecule has 0 atom stereocenters. The molecule has 0 saturated heterocycles. The number of ether oxygens (including phenoxy) is 1. The summed E-state index contributed by atoms with van der Waals surface area (Å²) in [5.41, 5.74) is 1.99. The summed E-state index contributed by atoms with van der Waals surface area (Å²) in [7, 11) is 3.79. The molecule has 2 rings (SSSR count). The lowest BCUT2D eigenvalue weighted by atomic mass is 10.2. The normalized spacial score (nSPS) is 11.9. The molecule has 0 N–H and O–H groups in total. The topological polar surface area (TPSA) is 30.3 Å². The largest absolute Gasteiger partial charge is 0.573 e. The van der Waals surface area contributed by atoms with Crippen LogP contribution in [-0.2, 0) is 20.1 Å². The first-order valence-electron chi connectivity index (χ1n) is 6.32. The van der Waals surface area contributed by atoms with Crippen LogP contribution in [0.1, 0.15) is 11.1 Å². The molecule has 0 unspecified atom stereocenters. The summed E-state index contributed by atoms with van der Waals surface area (Å²) in [5.74, 6) is -0.207. The smallest absolute Gasteiger partial charge is 0.406 e. The fraction of sp³-hybridized carbons (Fsp3) is 0.357. The number of alkyl halides is 3. The number of hydrogen-bond acceptors (Lipinski definition) is 3. The molecule has 4 nitrogen and oxygen atoms in total. The maximum Gasteiger partial charge on any atom is 0.573 e. The lowest BCUT2D eigenvalue weighted by molar-refractivity contribution is -0.274. The number of halogens is 3. The highest BCUT2D eigenvalue weighted by Gasteiger charge is 2.30. The number of aromatic nitrogens is 2. The summed E-state index contributed by atoms with van der Waals surface area (Å²) in [5, 5.41) is 4.09. The average molecular weight is 299 g/mol. The van der Waals surface area contributed by atoms with Crippen molar-refractivity contribution in [3.63, 3.8) is 0 Å². The van der Waals surface area contributed by atoms with E-state index < -0.39 is 6.36 Å². The van der Waals surface area contributed by atoms with Crippen LogP contribution in [-0.4, -0.2) is 28.1 Å². The van der Waals surface area contributed by atoms with Crippen molar-refractivity contribution in [1.82, 2.24) is 14.7 Å². The molecular formula is C14H16F3N3O. The van der Waals surface area contributed by atoms with Crippen LogP contribution in [0, 0.1) is 0 Å². The highest BCUT2D eigenvalue weighted by Crippen LogP contribution is 2.23. The minimum absolute atomic E-state index is 0.207. The van der Waals surface area contributed by atoms with Crippen LogP contribution in [0.4, 0.5) is 13.2 Å². The van der Waals surface area contributed by atoms with Crippen molar-refractivity contribution < 1.29 is 17.9 Å². The van der Waals surface area contributed by atoms with Crippen molar-refractivity contribution in [3.8, 4) is 5.75 Å². The van der Waals surface area contributed by atoms with Gasteiger partial charge in [0.1, 0.15) is 5.75 Å². The maximum absolute atomic E-state index is 12.1. The van der Waals surface area contributed by atoms with Gasteiger partial charge in [0, 0.05) is 31.9 Å². The van der Waals surface area contributed by atoms with Gasteiger partial charge >= 0.3 is 6.36 Å². The predicted molar refractivity (Wildman–Crippen MR) is 71.5 cm³/mol. The Bertz CT molecular complexity index is 578. The van der Waals surface area contributed by atoms with Crippen LogP contribution in [0.25, 0.3) is 0 Å². The van der Waals surface area contributed by atoms with Gasteiger partial charge in [-0.2, -0.15) is 5.10 Å². The Kier molecular flexibility index (Phi) is 4.52. The van der Waals surface area contributed by atoms with Crippen molar-refractivity contribution in [3.05, 3.63) is 47.8 Å². The molecule has 21 heavy (non-hydrogen) atoms.